The first kappa shape index (κ1) is 12.7. The number of hydrogen-bond donors (Lipinski definition) is 1. The minimum atomic E-state index is -0.0938. The van der Waals surface area contributed by atoms with Gasteiger partial charge in [0.05, 0.1) is 0 Å². The molecule has 0 fully saturated rings. The van der Waals surface area contributed by atoms with Crippen molar-refractivity contribution in [3.63, 3.8) is 0 Å². The fraction of sp³-hybridized carbons (Fsp3) is 0.462. The molecule has 3 heteroatoms. The molecule has 2 N–H and O–H groups in total. The van der Waals surface area contributed by atoms with Crippen LogP contribution in [0.15, 0.2) is 30.3 Å². The van der Waals surface area contributed by atoms with Crippen LogP contribution in [0, 0.1) is 5.92 Å². The Morgan fingerprint density at radius 1 is 1.38 bits per heavy atom. The van der Waals surface area contributed by atoms with Gasteiger partial charge in [0.1, 0.15) is 0 Å². The van der Waals surface area contributed by atoms with Crippen molar-refractivity contribution >= 4 is 5.91 Å². The van der Waals surface area contributed by atoms with Gasteiger partial charge in [-0.15, -0.1) is 0 Å². The monoisotopic (exact) mass is 220 g/mol. The van der Waals surface area contributed by atoms with Crippen LogP contribution < -0.4 is 5.73 Å². The van der Waals surface area contributed by atoms with Gasteiger partial charge in [-0.3, -0.25) is 4.79 Å². The summed E-state index contributed by atoms with van der Waals surface area (Å²) in [5.41, 5.74) is 6.67. The fourth-order valence-corrected chi connectivity index (χ4v) is 1.56. The summed E-state index contributed by atoms with van der Waals surface area (Å²) in [6.07, 6.45) is 0. The molecule has 16 heavy (non-hydrogen) atoms. The molecule has 1 aromatic rings. The maximum Gasteiger partial charge on any atom is 0.226 e. The van der Waals surface area contributed by atoms with Gasteiger partial charge in [0, 0.05) is 25.6 Å². The molecule has 1 unspecified atom stereocenters. The maximum atomic E-state index is 12.0. The highest BCUT2D eigenvalue weighted by Crippen LogP contribution is 2.08. The van der Waals surface area contributed by atoms with Crippen LogP contribution >= 0.6 is 0 Å². The van der Waals surface area contributed by atoms with Gasteiger partial charge >= 0.3 is 0 Å². The number of hydrogen-bond acceptors (Lipinski definition) is 2. The number of carbonyl (C=O) groups is 1. The van der Waals surface area contributed by atoms with Crippen molar-refractivity contribution < 1.29 is 4.79 Å². The summed E-state index contributed by atoms with van der Waals surface area (Å²) in [6.45, 7) is 5.66. The molecule has 0 saturated carbocycles. The summed E-state index contributed by atoms with van der Waals surface area (Å²) < 4.78 is 0. The highest BCUT2D eigenvalue weighted by molar-refractivity contribution is 5.78. The zero-order valence-corrected chi connectivity index (χ0v) is 10.0. The normalized spacial score (nSPS) is 12.2. The van der Waals surface area contributed by atoms with Gasteiger partial charge in [-0.05, 0) is 12.5 Å². The average Bonchev–Trinajstić information content (AvgIpc) is 2.35. The van der Waals surface area contributed by atoms with Gasteiger partial charge in [0.2, 0.25) is 5.91 Å². The van der Waals surface area contributed by atoms with Gasteiger partial charge in [-0.1, -0.05) is 37.3 Å². The maximum absolute atomic E-state index is 12.0. The predicted octanol–water partition coefficient (Wildman–Crippen LogP) is 1.63. The Kier molecular flexibility index (Phi) is 4.99. The SMILES string of the molecule is CCN(Cc1ccccc1)C(=O)C(C)CN. The van der Waals surface area contributed by atoms with Crippen molar-refractivity contribution in [1.82, 2.24) is 4.90 Å². The lowest BCUT2D eigenvalue weighted by Gasteiger charge is -2.23. The number of amides is 1. The van der Waals surface area contributed by atoms with Crippen LogP contribution in [-0.4, -0.2) is 23.9 Å². The van der Waals surface area contributed by atoms with E-state index < -0.39 is 0 Å². The van der Waals surface area contributed by atoms with Crippen molar-refractivity contribution in [2.24, 2.45) is 11.7 Å². The Balaban J connectivity index is 2.66. The summed E-state index contributed by atoms with van der Waals surface area (Å²) in [4.78, 5) is 13.8. The molecule has 0 radical (unpaired) electrons. The topological polar surface area (TPSA) is 46.3 Å². The lowest BCUT2D eigenvalue weighted by molar-refractivity contribution is -0.135. The van der Waals surface area contributed by atoms with Crippen LogP contribution in [0.3, 0.4) is 0 Å². The van der Waals surface area contributed by atoms with Gasteiger partial charge in [-0.2, -0.15) is 0 Å². The third-order valence-electron chi connectivity index (χ3n) is 2.68. The van der Waals surface area contributed by atoms with Gasteiger partial charge < -0.3 is 10.6 Å². The molecule has 0 spiro atoms. The van der Waals surface area contributed by atoms with E-state index in [0.29, 0.717) is 13.1 Å². The Morgan fingerprint density at radius 2 is 2.00 bits per heavy atom. The van der Waals surface area contributed by atoms with Gasteiger partial charge in [-0.25, -0.2) is 0 Å². The van der Waals surface area contributed by atoms with Gasteiger partial charge in [0.25, 0.3) is 0 Å². The van der Waals surface area contributed by atoms with Crippen LogP contribution in [0.1, 0.15) is 19.4 Å². The van der Waals surface area contributed by atoms with Crippen molar-refractivity contribution in [3.8, 4) is 0 Å². The molecule has 1 rings (SSSR count). The number of nitrogens with two attached hydrogens (primary N) is 1. The fourth-order valence-electron chi connectivity index (χ4n) is 1.56. The first-order valence-electron chi connectivity index (χ1n) is 5.71. The Morgan fingerprint density at radius 3 is 2.50 bits per heavy atom. The van der Waals surface area contributed by atoms with Crippen molar-refractivity contribution in [3.05, 3.63) is 35.9 Å². The minimum Gasteiger partial charge on any atom is -0.338 e. The molecule has 1 amide bonds. The quantitative estimate of drug-likeness (QED) is 0.819. The smallest absolute Gasteiger partial charge is 0.226 e. The molecule has 0 aliphatic rings. The number of nitrogens with zero attached hydrogens (tertiary/aromatic N) is 1. The molecule has 0 bridgehead atoms. The summed E-state index contributed by atoms with van der Waals surface area (Å²) in [7, 11) is 0. The third-order valence-corrected chi connectivity index (χ3v) is 2.68. The predicted molar refractivity (Wildman–Crippen MR) is 65.8 cm³/mol. The van der Waals surface area contributed by atoms with Crippen LogP contribution in [0.2, 0.25) is 0 Å². The highest BCUT2D eigenvalue weighted by Gasteiger charge is 2.17. The van der Waals surface area contributed by atoms with Crippen LogP contribution in [0.5, 0.6) is 0 Å². The minimum absolute atomic E-state index is 0.0938. The van der Waals surface area contributed by atoms with E-state index in [9.17, 15) is 4.79 Å². The largest absolute Gasteiger partial charge is 0.338 e. The van der Waals surface area contributed by atoms with E-state index in [1.807, 2.05) is 49.1 Å². The third kappa shape index (κ3) is 3.35. The van der Waals surface area contributed by atoms with E-state index in [1.54, 1.807) is 0 Å². The molecule has 0 aliphatic carbocycles. The van der Waals surface area contributed by atoms with Crippen molar-refractivity contribution in [2.45, 2.75) is 20.4 Å². The zero-order valence-electron chi connectivity index (χ0n) is 10.0. The van der Waals surface area contributed by atoms with E-state index in [1.165, 1.54) is 0 Å². The van der Waals surface area contributed by atoms with Gasteiger partial charge in [0.15, 0.2) is 0 Å². The number of benzene rings is 1. The van der Waals surface area contributed by atoms with Crippen LogP contribution in [0.25, 0.3) is 0 Å². The zero-order chi connectivity index (χ0) is 12.0. The Bertz CT molecular complexity index is 324. The van der Waals surface area contributed by atoms with E-state index in [-0.39, 0.29) is 11.8 Å². The first-order chi connectivity index (χ1) is 7.69. The molecule has 1 atom stereocenters. The van der Waals surface area contributed by atoms with E-state index in [4.69, 9.17) is 5.73 Å². The van der Waals surface area contributed by atoms with E-state index >= 15 is 0 Å². The molecular formula is C13H20N2O. The standard InChI is InChI=1S/C13H20N2O/c1-3-15(13(16)11(2)9-14)10-12-7-5-4-6-8-12/h4-8,11H,3,9-10,14H2,1-2H3. The summed E-state index contributed by atoms with van der Waals surface area (Å²) in [6, 6.07) is 10.0. The molecule has 88 valence electrons. The molecule has 0 aliphatic heterocycles. The van der Waals surface area contributed by atoms with Crippen LogP contribution in [-0.2, 0) is 11.3 Å². The second-order valence-corrected chi connectivity index (χ2v) is 3.97. The summed E-state index contributed by atoms with van der Waals surface area (Å²) in [5, 5.41) is 0. The summed E-state index contributed by atoms with van der Waals surface area (Å²) in [5.74, 6) is 0.0394. The lowest BCUT2D eigenvalue weighted by Crippen LogP contribution is -2.37. The van der Waals surface area contributed by atoms with E-state index in [0.717, 1.165) is 12.1 Å². The molecule has 0 aromatic heterocycles. The van der Waals surface area contributed by atoms with Crippen LogP contribution in [0.4, 0.5) is 0 Å². The van der Waals surface area contributed by atoms with E-state index in [2.05, 4.69) is 0 Å². The average molecular weight is 220 g/mol. The molecular weight excluding hydrogens is 200 g/mol. The number of carbonyl (C=O) groups excluding carboxylic acids is 1. The first-order valence-corrected chi connectivity index (χ1v) is 5.71. The molecule has 0 saturated heterocycles. The van der Waals surface area contributed by atoms with Crippen molar-refractivity contribution in [2.75, 3.05) is 13.1 Å². The second kappa shape index (κ2) is 6.28. The number of rotatable bonds is 5. The molecule has 0 heterocycles. The highest BCUT2D eigenvalue weighted by atomic mass is 16.2. The lowest BCUT2D eigenvalue weighted by atomic mass is 10.1. The Labute approximate surface area is 97.2 Å². The second-order valence-electron chi connectivity index (χ2n) is 3.97. The molecule has 1 aromatic carbocycles. The van der Waals surface area contributed by atoms with Crippen molar-refractivity contribution in [1.29, 1.82) is 0 Å². The molecule has 3 nitrogen and oxygen atoms in total. The summed E-state index contributed by atoms with van der Waals surface area (Å²) >= 11 is 0. The Hall–Kier alpha value is -1.35.